The highest BCUT2D eigenvalue weighted by molar-refractivity contribution is 6.18. The summed E-state index contributed by atoms with van der Waals surface area (Å²) in [5.41, 5.74) is 0.571. The van der Waals surface area contributed by atoms with Crippen LogP contribution in [0.25, 0.3) is 0 Å². The Labute approximate surface area is 106 Å². The first-order valence-electron chi connectivity index (χ1n) is 5.99. The molecule has 0 bridgehead atoms. The van der Waals surface area contributed by atoms with E-state index in [9.17, 15) is 4.79 Å². The number of carbonyl (C=O) groups is 1. The third-order valence-electron chi connectivity index (χ3n) is 3.52. The smallest absolute Gasteiger partial charge is 0.271 e. The SMILES string of the molecule is Cn1ccc(C(=O)NCC2(CCl)CCCC2)n1. The van der Waals surface area contributed by atoms with Gasteiger partial charge in [-0.3, -0.25) is 9.48 Å². The summed E-state index contributed by atoms with van der Waals surface area (Å²) in [4.78, 5) is 11.8. The van der Waals surface area contributed by atoms with Gasteiger partial charge in [0.15, 0.2) is 0 Å². The average molecular weight is 256 g/mol. The third kappa shape index (κ3) is 2.80. The van der Waals surface area contributed by atoms with E-state index in [2.05, 4.69) is 10.4 Å². The normalized spacial score (nSPS) is 18.2. The summed E-state index contributed by atoms with van der Waals surface area (Å²) in [5, 5.41) is 7.02. The van der Waals surface area contributed by atoms with Crippen molar-refractivity contribution in [2.24, 2.45) is 12.5 Å². The van der Waals surface area contributed by atoms with Gasteiger partial charge in [-0.1, -0.05) is 12.8 Å². The van der Waals surface area contributed by atoms with Gasteiger partial charge in [0, 0.05) is 31.1 Å². The number of carbonyl (C=O) groups excluding carboxylic acids is 1. The van der Waals surface area contributed by atoms with Crippen LogP contribution >= 0.6 is 11.6 Å². The fourth-order valence-corrected chi connectivity index (χ4v) is 2.74. The number of rotatable bonds is 4. The van der Waals surface area contributed by atoms with Crippen LogP contribution in [0.3, 0.4) is 0 Å². The van der Waals surface area contributed by atoms with Crippen LogP contribution in [0.1, 0.15) is 36.2 Å². The summed E-state index contributed by atoms with van der Waals surface area (Å²) in [6.45, 7) is 0.659. The highest BCUT2D eigenvalue weighted by Crippen LogP contribution is 2.38. The molecule has 1 N–H and O–H groups in total. The van der Waals surface area contributed by atoms with Crippen LogP contribution in [0.5, 0.6) is 0 Å². The molecule has 0 spiro atoms. The summed E-state index contributed by atoms with van der Waals surface area (Å²) in [7, 11) is 1.80. The van der Waals surface area contributed by atoms with Gasteiger partial charge in [-0.15, -0.1) is 11.6 Å². The molecule has 4 nitrogen and oxygen atoms in total. The zero-order valence-corrected chi connectivity index (χ0v) is 10.8. The molecule has 5 heteroatoms. The molecule has 17 heavy (non-hydrogen) atoms. The summed E-state index contributed by atoms with van der Waals surface area (Å²) >= 11 is 6.03. The van der Waals surface area contributed by atoms with E-state index in [1.807, 2.05) is 0 Å². The largest absolute Gasteiger partial charge is 0.350 e. The Balaban J connectivity index is 1.91. The van der Waals surface area contributed by atoms with E-state index in [0.717, 1.165) is 12.8 Å². The van der Waals surface area contributed by atoms with Crippen molar-refractivity contribution in [1.29, 1.82) is 0 Å². The van der Waals surface area contributed by atoms with E-state index in [-0.39, 0.29) is 11.3 Å². The minimum absolute atomic E-state index is 0.103. The number of aryl methyl sites for hydroxylation is 1. The monoisotopic (exact) mass is 255 g/mol. The summed E-state index contributed by atoms with van der Waals surface area (Å²) in [5.74, 6) is 0.511. The third-order valence-corrected chi connectivity index (χ3v) is 4.08. The highest BCUT2D eigenvalue weighted by atomic mass is 35.5. The average Bonchev–Trinajstić information content (AvgIpc) is 2.95. The number of halogens is 1. The van der Waals surface area contributed by atoms with Gasteiger partial charge in [0.1, 0.15) is 5.69 Å². The summed E-state index contributed by atoms with van der Waals surface area (Å²) in [6.07, 6.45) is 6.41. The van der Waals surface area contributed by atoms with Gasteiger partial charge in [-0.05, 0) is 18.9 Å². The Morgan fingerprint density at radius 3 is 2.82 bits per heavy atom. The zero-order chi connectivity index (χ0) is 12.3. The molecule has 1 heterocycles. The van der Waals surface area contributed by atoms with Crippen molar-refractivity contribution < 1.29 is 4.79 Å². The van der Waals surface area contributed by atoms with Gasteiger partial charge in [0.25, 0.3) is 5.91 Å². The number of amides is 1. The quantitative estimate of drug-likeness (QED) is 0.836. The van der Waals surface area contributed by atoms with Crippen LogP contribution in [-0.2, 0) is 7.05 Å². The molecule has 0 aliphatic heterocycles. The van der Waals surface area contributed by atoms with Gasteiger partial charge in [-0.25, -0.2) is 0 Å². The van der Waals surface area contributed by atoms with Crippen LogP contribution in [0.2, 0.25) is 0 Å². The Kier molecular flexibility index (Phi) is 3.72. The van der Waals surface area contributed by atoms with Crippen LogP contribution in [0.4, 0.5) is 0 Å². The van der Waals surface area contributed by atoms with E-state index in [1.165, 1.54) is 12.8 Å². The lowest BCUT2D eigenvalue weighted by molar-refractivity contribution is 0.0929. The van der Waals surface area contributed by atoms with Crippen molar-refractivity contribution in [1.82, 2.24) is 15.1 Å². The van der Waals surface area contributed by atoms with Crippen molar-refractivity contribution in [3.8, 4) is 0 Å². The maximum Gasteiger partial charge on any atom is 0.271 e. The fourth-order valence-electron chi connectivity index (χ4n) is 2.38. The maximum atomic E-state index is 11.8. The van der Waals surface area contributed by atoms with E-state index in [1.54, 1.807) is 24.0 Å². The molecule has 0 aromatic carbocycles. The lowest BCUT2D eigenvalue weighted by Crippen LogP contribution is -2.37. The number of aromatic nitrogens is 2. The molecule has 1 aromatic heterocycles. The van der Waals surface area contributed by atoms with E-state index >= 15 is 0 Å². The molecule has 1 saturated carbocycles. The lowest BCUT2D eigenvalue weighted by atomic mass is 9.88. The second-order valence-electron chi connectivity index (χ2n) is 4.90. The number of hydrogen-bond acceptors (Lipinski definition) is 2. The minimum Gasteiger partial charge on any atom is -0.350 e. The first-order chi connectivity index (χ1) is 8.15. The molecule has 0 radical (unpaired) electrons. The molecule has 0 saturated heterocycles. The predicted molar refractivity (Wildman–Crippen MR) is 67.2 cm³/mol. The Hall–Kier alpha value is -1.03. The molecular formula is C12H18ClN3O. The maximum absolute atomic E-state index is 11.8. The number of nitrogens with one attached hydrogen (secondary N) is 1. The molecule has 2 rings (SSSR count). The first kappa shape index (κ1) is 12.4. The van der Waals surface area contributed by atoms with Gasteiger partial charge >= 0.3 is 0 Å². The Bertz CT molecular complexity index is 396. The fraction of sp³-hybridized carbons (Fsp3) is 0.667. The van der Waals surface area contributed by atoms with Crippen LogP contribution < -0.4 is 5.32 Å². The van der Waals surface area contributed by atoms with Crippen molar-refractivity contribution in [3.05, 3.63) is 18.0 Å². The highest BCUT2D eigenvalue weighted by Gasteiger charge is 2.33. The molecular weight excluding hydrogens is 238 g/mol. The summed E-state index contributed by atoms with van der Waals surface area (Å²) < 4.78 is 1.63. The topological polar surface area (TPSA) is 46.9 Å². The number of nitrogens with zero attached hydrogens (tertiary/aromatic N) is 2. The molecule has 0 atom stereocenters. The second-order valence-corrected chi connectivity index (χ2v) is 5.17. The van der Waals surface area contributed by atoms with Gasteiger partial charge in [0.2, 0.25) is 0 Å². The minimum atomic E-state index is -0.109. The summed E-state index contributed by atoms with van der Waals surface area (Å²) in [6, 6.07) is 1.72. The predicted octanol–water partition coefficient (Wildman–Crippen LogP) is 1.95. The van der Waals surface area contributed by atoms with Gasteiger partial charge in [0.05, 0.1) is 0 Å². The Morgan fingerprint density at radius 1 is 1.59 bits per heavy atom. The molecule has 94 valence electrons. The van der Waals surface area contributed by atoms with Crippen LogP contribution in [0, 0.1) is 5.41 Å². The molecule has 1 amide bonds. The zero-order valence-electron chi connectivity index (χ0n) is 10.1. The van der Waals surface area contributed by atoms with Gasteiger partial charge in [-0.2, -0.15) is 5.10 Å². The van der Waals surface area contributed by atoms with Crippen molar-refractivity contribution in [2.45, 2.75) is 25.7 Å². The number of alkyl halides is 1. The molecule has 1 fully saturated rings. The van der Waals surface area contributed by atoms with Crippen molar-refractivity contribution in [2.75, 3.05) is 12.4 Å². The van der Waals surface area contributed by atoms with E-state index in [4.69, 9.17) is 11.6 Å². The van der Waals surface area contributed by atoms with Crippen molar-refractivity contribution in [3.63, 3.8) is 0 Å². The van der Waals surface area contributed by atoms with Crippen molar-refractivity contribution >= 4 is 17.5 Å². The van der Waals surface area contributed by atoms with Crippen LogP contribution in [0.15, 0.2) is 12.3 Å². The van der Waals surface area contributed by atoms with E-state index < -0.39 is 0 Å². The molecule has 1 aromatic rings. The standard InChI is InChI=1S/C12H18ClN3O/c1-16-7-4-10(15-16)11(17)14-9-12(8-13)5-2-3-6-12/h4,7H,2-3,5-6,8-9H2,1H3,(H,14,17). The Morgan fingerprint density at radius 2 is 2.29 bits per heavy atom. The van der Waals surface area contributed by atoms with Crippen LogP contribution in [-0.4, -0.2) is 28.1 Å². The lowest BCUT2D eigenvalue weighted by Gasteiger charge is -2.26. The van der Waals surface area contributed by atoms with Gasteiger partial charge < -0.3 is 5.32 Å². The van der Waals surface area contributed by atoms with E-state index in [0.29, 0.717) is 18.1 Å². The molecule has 1 aliphatic rings. The molecule has 1 aliphatic carbocycles. The number of hydrogen-bond donors (Lipinski definition) is 1. The molecule has 0 unspecified atom stereocenters. The first-order valence-corrected chi connectivity index (χ1v) is 6.52. The second kappa shape index (κ2) is 5.08.